The molecule has 8 nitrogen and oxygen atoms in total. The summed E-state index contributed by atoms with van der Waals surface area (Å²) in [5.41, 5.74) is 1.37. The minimum atomic E-state index is -0.715. The van der Waals surface area contributed by atoms with Crippen molar-refractivity contribution < 1.29 is 33.5 Å². The van der Waals surface area contributed by atoms with Crippen LogP contribution in [-0.4, -0.2) is 67.7 Å². The Kier molecular flexibility index (Phi) is 8.10. The molecular weight excluding hydrogens is 484 g/mol. The number of furan rings is 1. The fraction of sp³-hybridized carbons (Fsp3) is 0.400. The maximum absolute atomic E-state index is 13.7. The van der Waals surface area contributed by atoms with Gasteiger partial charge in [0, 0.05) is 18.4 Å². The molecule has 0 spiro atoms. The maximum Gasteiger partial charge on any atom is 0.290 e. The van der Waals surface area contributed by atoms with E-state index in [9.17, 15) is 14.7 Å². The molecular formula is C30H35N2O6+. The Hall–Kier alpha value is -3.62. The van der Waals surface area contributed by atoms with Crippen LogP contribution >= 0.6 is 0 Å². The largest absolute Gasteiger partial charge is 0.503 e. The van der Waals surface area contributed by atoms with Gasteiger partial charge in [-0.25, -0.2) is 0 Å². The van der Waals surface area contributed by atoms with Gasteiger partial charge in [-0.3, -0.25) is 9.59 Å². The van der Waals surface area contributed by atoms with Gasteiger partial charge in [0.1, 0.15) is 24.4 Å². The zero-order valence-electron chi connectivity index (χ0n) is 21.8. The number of nitrogens with one attached hydrogen (secondary N) is 1. The summed E-state index contributed by atoms with van der Waals surface area (Å²) in [5, 5.41) is 11.8. The van der Waals surface area contributed by atoms with E-state index < -0.39 is 23.5 Å². The van der Waals surface area contributed by atoms with Crippen LogP contribution in [0.25, 0.3) is 11.0 Å². The zero-order valence-corrected chi connectivity index (χ0v) is 21.8. The Morgan fingerprint density at radius 3 is 2.61 bits per heavy atom. The number of unbranched alkanes of at least 4 members (excludes halogenated alkanes) is 1. The van der Waals surface area contributed by atoms with Crippen LogP contribution in [-0.2, 0) is 9.53 Å². The van der Waals surface area contributed by atoms with Crippen LogP contribution in [0.1, 0.15) is 48.3 Å². The lowest BCUT2D eigenvalue weighted by Crippen LogP contribution is -3.14. The highest BCUT2D eigenvalue weighted by Crippen LogP contribution is 2.40. The quantitative estimate of drug-likeness (QED) is 0.298. The third kappa shape index (κ3) is 5.47. The van der Waals surface area contributed by atoms with Crippen LogP contribution in [0, 0.1) is 0 Å². The van der Waals surface area contributed by atoms with Crippen LogP contribution in [0.3, 0.4) is 0 Å². The van der Waals surface area contributed by atoms with Crippen LogP contribution in [0.15, 0.2) is 70.3 Å². The number of hydrogen-bond acceptors (Lipinski definition) is 6. The summed E-state index contributed by atoms with van der Waals surface area (Å²) in [5.74, 6) is -0.698. The number of benzene rings is 2. The molecule has 3 heterocycles. The SMILES string of the molecule is CCCCOc1ccc([C@H]2C(C(=O)c3cc4ccccc4o3)=C(O)C(=O)N2CCC[NH+]2CCOCC2)cc1. The number of carbonyl (C=O) groups excluding carboxylic acids is 2. The van der Waals surface area contributed by atoms with Crippen molar-refractivity contribution in [2.75, 3.05) is 46.0 Å². The second kappa shape index (κ2) is 11.8. The molecule has 38 heavy (non-hydrogen) atoms. The molecule has 1 amide bonds. The van der Waals surface area contributed by atoms with E-state index in [-0.39, 0.29) is 11.3 Å². The van der Waals surface area contributed by atoms with E-state index >= 15 is 0 Å². The molecule has 1 saturated heterocycles. The number of aliphatic hydroxyl groups excluding tert-OH is 1. The predicted molar refractivity (Wildman–Crippen MR) is 142 cm³/mol. The summed E-state index contributed by atoms with van der Waals surface area (Å²) >= 11 is 0. The van der Waals surface area contributed by atoms with Crippen LogP contribution < -0.4 is 9.64 Å². The molecule has 2 aliphatic rings. The monoisotopic (exact) mass is 519 g/mol. The lowest BCUT2D eigenvalue weighted by atomic mass is 9.95. The molecule has 0 saturated carbocycles. The number of hydrogen-bond donors (Lipinski definition) is 2. The molecule has 1 fully saturated rings. The van der Waals surface area contributed by atoms with Gasteiger partial charge in [-0.1, -0.05) is 43.7 Å². The topological polar surface area (TPSA) is 93.7 Å². The van der Waals surface area contributed by atoms with Gasteiger partial charge in [-0.15, -0.1) is 0 Å². The second-order valence-corrected chi connectivity index (χ2v) is 9.88. The number of amides is 1. The molecule has 0 bridgehead atoms. The van der Waals surface area contributed by atoms with Gasteiger partial charge in [-0.05, 0) is 36.2 Å². The molecule has 1 atom stereocenters. The minimum absolute atomic E-state index is 0.0485. The van der Waals surface area contributed by atoms with Crippen molar-refractivity contribution in [3.05, 3.63) is 77.3 Å². The highest BCUT2D eigenvalue weighted by Gasteiger charge is 2.44. The van der Waals surface area contributed by atoms with E-state index in [4.69, 9.17) is 13.9 Å². The Morgan fingerprint density at radius 2 is 1.87 bits per heavy atom. The fourth-order valence-corrected chi connectivity index (χ4v) is 5.18. The average molecular weight is 520 g/mol. The van der Waals surface area contributed by atoms with Crippen molar-refractivity contribution in [1.82, 2.24) is 4.90 Å². The van der Waals surface area contributed by atoms with Crippen molar-refractivity contribution >= 4 is 22.7 Å². The second-order valence-electron chi connectivity index (χ2n) is 9.88. The Labute approximate surface area is 222 Å². The first-order valence-electron chi connectivity index (χ1n) is 13.5. The number of aliphatic hydroxyl groups is 1. The number of ether oxygens (including phenoxy) is 2. The number of ketones is 1. The predicted octanol–water partition coefficient (Wildman–Crippen LogP) is 3.50. The first-order valence-corrected chi connectivity index (χ1v) is 13.5. The molecule has 3 aromatic rings. The van der Waals surface area contributed by atoms with Crippen molar-refractivity contribution in [3.8, 4) is 5.75 Å². The minimum Gasteiger partial charge on any atom is -0.503 e. The number of nitrogens with zero attached hydrogens (tertiary/aromatic N) is 1. The normalized spacial score (nSPS) is 18.5. The number of morpholine rings is 1. The third-order valence-corrected chi connectivity index (χ3v) is 7.29. The van der Waals surface area contributed by atoms with Gasteiger partial charge in [0.2, 0.25) is 5.78 Å². The molecule has 1 aromatic heterocycles. The summed E-state index contributed by atoms with van der Waals surface area (Å²) in [4.78, 5) is 30.1. The molecule has 0 radical (unpaired) electrons. The number of carbonyl (C=O) groups is 2. The van der Waals surface area contributed by atoms with Gasteiger partial charge in [0.05, 0.1) is 38.0 Å². The zero-order chi connectivity index (χ0) is 26.5. The molecule has 8 heteroatoms. The summed E-state index contributed by atoms with van der Waals surface area (Å²) in [6, 6.07) is 15.7. The van der Waals surface area contributed by atoms with Crippen molar-refractivity contribution in [1.29, 1.82) is 0 Å². The standard InChI is InChI=1S/C30H34N2O6/c1-2-3-17-37-23-11-9-21(10-12-23)27-26(28(33)25-20-22-7-4-5-8-24(22)38-25)29(34)30(35)32(27)14-6-13-31-15-18-36-19-16-31/h4-5,7-12,20,27,34H,2-3,6,13-19H2,1H3/p+1/t27-/m0/s1. The van der Waals surface area contributed by atoms with Crippen molar-refractivity contribution in [2.45, 2.75) is 32.2 Å². The van der Waals surface area contributed by atoms with E-state index in [0.29, 0.717) is 18.7 Å². The molecule has 200 valence electrons. The first kappa shape index (κ1) is 26.0. The van der Waals surface area contributed by atoms with Gasteiger partial charge >= 0.3 is 0 Å². The molecule has 5 rings (SSSR count). The van der Waals surface area contributed by atoms with Crippen LogP contribution in [0.5, 0.6) is 5.75 Å². The highest BCUT2D eigenvalue weighted by molar-refractivity contribution is 6.16. The fourth-order valence-electron chi connectivity index (χ4n) is 5.18. The summed E-state index contributed by atoms with van der Waals surface area (Å²) in [6.45, 7) is 7.41. The van der Waals surface area contributed by atoms with Gasteiger partial charge in [0.25, 0.3) is 5.91 Å². The van der Waals surface area contributed by atoms with Crippen molar-refractivity contribution in [3.63, 3.8) is 0 Å². The Morgan fingerprint density at radius 1 is 1.11 bits per heavy atom. The van der Waals surface area contributed by atoms with Crippen LogP contribution in [0.2, 0.25) is 0 Å². The number of rotatable bonds is 11. The van der Waals surface area contributed by atoms with Gasteiger partial charge in [-0.2, -0.15) is 0 Å². The summed E-state index contributed by atoms with van der Waals surface area (Å²) in [6.07, 6.45) is 2.75. The van der Waals surface area contributed by atoms with E-state index in [1.54, 1.807) is 17.0 Å². The average Bonchev–Trinajstić information content (AvgIpc) is 3.49. The smallest absolute Gasteiger partial charge is 0.290 e. The number of quaternary nitrogens is 1. The van der Waals surface area contributed by atoms with Crippen molar-refractivity contribution in [2.24, 2.45) is 0 Å². The number of Topliss-reactive ketones (excluding diaryl/α,β-unsaturated/α-hetero) is 1. The Balaban J connectivity index is 1.42. The molecule has 0 unspecified atom stereocenters. The molecule has 2 aliphatic heterocycles. The van der Waals surface area contributed by atoms with Gasteiger partial charge < -0.3 is 28.8 Å². The number of fused-ring (bicyclic) bond motifs is 1. The highest BCUT2D eigenvalue weighted by atomic mass is 16.5. The summed E-state index contributed by atoms with van der Waals surface area (Å²) in [7, 11) is 0. The number of para-hydroxylation sites is 1. The first-order chi connectivity index (χ1) is 18.6. The van der Waals surface area contributed by atoms with E-state index in [2.05, 4.69) is 6.92 Å². The Bertz CT molecular complexity index is 1270. The molecule has 2 N–H and O–H groups in total. The third-order valence-electron chi connectivity index (χ3n) is 7.29. The maximum atomic E-state index is 13.7. The summed E-state index contributed by atoms with van der Waals surface area (Å²) < 4.78 is 17.1. The van der Waals surface area contributed by atoms with Gasteiger partial charge in [0.15, 0.2) is 11.5 Å². The van der Waals surface area contributed by atoms with Crippen LogP contribution in [0.4, 0.5) is 0 Å². The van der Waals surface area contributed by atoms with E-state index in [1.807, 2.05) is 42.5 Å². The molecule has 2 aromatic carbocycles. The van der Waals surface area contributed by atoms with E-state index in [0.717, 1.165) is 68.8 Å². The lowest BCUT2D eigenvalue weighted by Gasteiger charge is -2.28. The molecule has 0 aliphatic carbocycles. The van der Waals surface area contributed by atoms with E-state index in [1.165, 1.54) is 4.90 Å². The lowest BCUT2D eigenvalue weighted by molar-refractivity contribution is -0.908.